The molecule has 2 unspecified atom stereocenters. The molecule has 3 heterocycles. The van der Waals surface area contributed by atoms with Crippen molar-refractivity contribution in [2.24, 2.45) is 18.4 Å². The molecule has 1 amide bonds. The van der Waals surface area contributed by atoms with Crippen LogP contribution in [0.15, 0.2) is 11.0 Å². The van der Waals surface area contributed by atoms with E-state index in [2.05, 4.69) is 15.1 Å². The van der Waals surface area contributed by atoms with Gasteiger partial charge >= 0.3 is 0 Å². The highest BCUT2D eigenvalue weighted by atomic mass is 16.5. The fourth-order valence-electron chi connectivity index (χ4n) is 4.02. The largest absolute Gasteiger partial charge is 0.374 e. The summed E-state index contributed by atoms with van der Waals surface area (Å²) in [7, 11) is 3.48. The van der Waals surface area contributed by atoms with E-state index < -0.39 is 11.0 Å². The third-order valence-corrected chi connectivity index (χ3v) is 5.59. The van der Waals surface area contributed by atoms with Crippen LogP contribution in [0.4, 0.5) is 0 Å². The molecule has 8 heteroatoms. The average Bonchev–Trinajstić information content (AvgIpc) is 3.08. The van der Waals surface area contributed by atoms with E-state index in [1.807, 2.05) is 13.8 Å². The van der Waals surface area contributed by atoms with Crippen molar-refractivity contribution >= 4 is 16.9 Å². The SMILES string of the molecule is CN(Cc1nc2c(cnn2C)c(=O)[nH]1)C(=O)C12CC1COC2(C)C. The van der Waals surface area contributed by atoms with Gasteiger partial charge in [-0.1, -0.05) is 0 Å². The molecule has 24 heavy (non-hydrogen) atoms. The number of H-pyrrole nitrogens is 1. The number of nitrogens with zero attached hydrogens (tertiary/aromatic N) is 4. The molecular weight excluding hydrogens is 310 g/mol. The molecule has 0 aromatic carbocycles. The van der Waals surface area contributed by atoms with Crippen molar-refractivity contribution in [2.45, 2.75) is 32.4 Å². The van der Waals surface area contributed by atoms with Gasteiger partial charge < -0.3 is 14.6 Å². The Balaban J connectivity index is 1.61. The summed E-state index contributed by atoms with van der Waals surface area (Å²) >= 11 is 0. The monoisotopic (exact) mass is 331 g/mol. The summed E-state index contributed by atoms with van der Waals surface area (Å²) in [6.07, 6.45) is 2.36. The molecule has 1 aliphatic carbocycles. The first-order valence-electron chi connectivity index (χ1n) is 8.07. The van der Waals surface area contributed by atoms with E-state index in [-0.39, 0.29) is 18.0 Å². The molecule has 2 aromatic rings. The highest BCUT2D eigenvalue weighted by molar-refractivity contribution is 5.88. The number of hydrogen-bond donors (Lipinski definition) is 1. The summed E-state index contributed by atoms with van der Waals surface area (Å²) in [5.41, 5.74) is -0.605. The lowest BCUT2D eigenvalue weighted by atomic mass is 9.85. The van der Waals surface area contributed by atoms with E-state index in [4.69, 9.17) is 4.74 Å². The molecule has 2 atom stereocenters. The summed E-state index contributed by atoms with van der Waals surface area (Å²) in [6, 6.07) is 0. The van der Waals surface area contributed by atoms with Crippen LogP contribution in [0.5, 0.6) is 0 Å². The van der Waals surface area contributed by atoms with Gasteiger partial charge in [0.1, 0.15) is 11.2 Å². The predicted octanol–water partition coefficient (Wildman–Crippen LogP) is 0.430. The van der Waals surface area contributed by atoms with Crippen molar-refractivity contribution in [3.05, 3.63) is 22.4 Å². The maximum atomic E-state index is 13.0. The minimum absolute atomic E-state index is 0.0581. The lowest BCUT2D eigenvalue weighted by Gasteiger charge is -2.32. The quantitative estimate of drug-likeness (QED) is 0.880. The van der Waals surface area contributed by atoms with Crippen molar-refractivity contribution in [2.75, 3.05) is 13.7 Å². The Hall–Kier alpha value is -2.22. The lowest BCUT2D eigenvalue weighted by molar-refractivity contribution is -0.144. The maximum absolute atomic E-state index is 13.0. The predicted molar refractivity (Wildman–Crippen MR) is 86.2 cm³/mol. The smallest absolute Gasteiger partial charge is 0.262 e. The number of amides is 1. The molecule has 0 bridgehead atoms. The second-order valence-electron chi connectivity index (χ2n) is 7.37. The average molecular weight is 331 g/mol. The number of fused-ring (bicyclic) bond motifs is 2. The van der Waals surface area contributed by atoms with Crippen molar-refractivity contribution in [1.29, 1.82) is 0 Å². The van der Waals surface area contributed by atoms with Gasteiger partial charge in [0.05, 0.1) is 30.4 Å². The Kier molecular flexibility index (Phi) is 2.97. The maximum Gasteiger partial charge on any atom is 0.262 e. The van der Waals surface area contributed by atoms with Crippen LogP contribution in [0, 0.1) is 11.3 Å². The molecule has 0 spiro atoms. The van der Waals surface area contributed by atoms with E-state index in [1.165, 1.54) is 6.20 Å². The van der Waals surface area contributed by atoms with Gasteiger partial charge in [-0.15, -0.1) is 0 Å². The fraction of sp³-hybridized carbons (Fsp3) is 0.625. The number of aromatic amines is 1. The lowest BCUT2D eigenvalue weighted by Crippen LogP contribution is -2.45. The van der Waals surface area contributed by atoms with Crippen molar-refractivity contribution in [1.82, 2.24) is 24.6 Å². The summed E-state index contributed by atoms with van der Waals surface area (Å²) < 4.78 is 7.33. The van der Waals surface area contributed by atoms with Crippen LogP contribution in [0.3, 0.4) is 0 Å². The van der Waals surface area contributed by atoms with Crippen molar-refractivity contribution < 1.29 is 9.53 Å². The van der Waals surface area contributed by atoms with Gasteiger partial charge in [0, 0.05) is 20.0 Å². The fourth-order valence-corrected chi connectivity index (χ4v) is 4.02. The van der Waals surface area contributed by atoms with Crippen LogP contribution in [0.2, 0.25) is 0 Å². The third kappa shape index (κ3) is 1.89. The number of carbonyl (C=O) groups excluding carboxylic acids is 1. The van der Waals surface area contributed by atoms with Gasteiger partial charge in [0.25, 0.3) is 5.56 Å². The molecule has 1 N–H and O–H groups in total. The molecule has 2 aromatic heterocycles. The van der Waals surface area contributed by atoms with Gasteiger partial charge in [-0.05, 0) is 20.3 Å². The van der Waals surface area contributed by atoms with Crippen molar-refractivity contribution in [3.8, 4) is 0 Å². The normalized spacial score (nSPS) is 27.2. The summed E-state index contributed by atoms with van der Waals surface area (Å²) in [5, 5.41) is 4.49. The van der Waals surface area contributed by atoms with E-state index >= 15 is 0 Å². The zero-order valence-corrected chi connectivity index (χ0v) is 14.3. The number of aromatic nitrogens is 4. The molecule has 1 aliphatic heterocycles. The Morgan fingerprint density at radius 1 is 1.54 bits per heavy atom. The van der Waals surface area contributed by atoms with Crippen LogP contribution in [0.25, 0.3) is 11.0 Å². The Morgan fingerprint density at radius 3 is 2.92 bits per heavy atom. The summed E-state index contributed by atoms with van der Waals surface area (Å²) in [4.78, 5) is 33.9. The van der Waals surface area contributed by atoms with Crippen LogP contribution < -0.4 is 5.56 Å². The topological polar surface area (TPSA) is 93.1 Å². The van der Waals surface area contributed by atoms with E-state index in [0.29, 0.717) is 29.4 Å². The third-order valence-electron chi connectivity index (χ3n) is 5.59. The summed E-state index contributed by atoms with van der Waals surface area (Å²) in [5.74, 6) is 0.814. The Morgan fingerprint density at radius 2 is 2.29 bits per heavy atom. The van der Waals surface area contributed by atoms with Crippen LogP contribution >= 0.6 is 0 Å². The zero-order valence-electron chi connectivity index (χ0n) is 14.3. The highest BCUT2D eigenvalue weighted by Gasteiger charge is 2.73. The molecule has 4 rings (SSSR count). The first kappa shape index (κ1) is 15.3. The zero-order chi connectivity index (χ0) is 17.3. The number of nitrogens with one attached hydrogen (secondary N) is 1. The molecule has 1 saturated heterocycles. The van der Waals surface area contributed by atoms with Gasteiger partial charge in [0.15, 0.2) is 5.65 Å². The van der Waals surface area contributed by atoms with E-state index in [1.54, 1.807) is 23.7 Å². The van der Waals surface area contributed by atoms with Gasteiger partial charge in [0.2, 0.25) is 5.91 Å². The first-order chi connectivity index (χ1) is 11.3. The van der Waals surface area contributed by atoms with Gasteiger partial charge in [-0.25, -0.2) is 4.98 Å². The number of rotatable bonds is 3. The van der Waals surface area contributed by atoms with Gasteiger partial charge in [-0.2, -0.15) is 5.10 Å². The second-order valence-corrected chi connectivity index (χ2v) is 7.37. The van der Waals surface area contributed by atoms with Crippen LogP contribution in [0.1, 0.15) is 26.1 Å². The standard InChI is InChI=1S/C16H21N5O3/c1-15(2)16(5-9(16)8-24-15)14(23)20(3)7-11-18-12-10(13(22)19-11)6-17-21(12)4/h6,9H,5,7-8H2,1-4H3,(H,18,19,22). The number of ether oxygens (including phenoxy) is 1. The molecule has 2 fully saturated rings. The molecule has 8 nitrogen and oxygen atoms in total. The number of carbonyl (C=O) groups is 1. The van der Waals surface area contributed by atoms with Crippen LogP contribution in [-0.2, 0) is 23.1 Å². The molecule has 1 saturated carbocycles. The minimum Gasteiger partial charge on any atom is -0.374 e. The number of hydrogen-bond acceptors (Lipinski definition) is 5. The van der Waals surface area contributed by atoms with E-state index in [9.17, 15) is 9.59 Å². The van der Waals surface area contributed by atoms with Gasteiger partial charge in [-0.3, -0.25) is 14.3 Å². The molecule has 128 valence electrons. The Bertz CT molecular complexity index is 899. The van der Waals surface area contributed by atoms with Crippen LogP contribution in [-0.4, -0.2) is 49.8 Å². The summed E-state index contributed by atoms with van der Waals surface area (Å²) in [6.45, 7) is 4.85. The Labute approximate surface area is 138 Å². The first-order valence-corrected chi connectivity index (χ1v) is 8.07. The highest BCUT2D eigenvalue weighted by Crippen LogP contribution is 2.66. The second kappa shape index (κ2) is 4.66. The molecule has 2 aliphatic rings. The van der Waals surface area contributed by atoms with E-state index in [0.717, 1.165) is 6.42 Å². The molecule has 0 radical (unpaired) electrons. The minimum atomic E-state index is -0.449. The number of aryl methyl sites for hydroxylation is 1. The molecular formula is C16H21N5O3. The van der Waals surface area contributed by atoms with Crippen molar-refractivity contribution in [3.63, 3.8) is 0 Å².